The molecule has 16 nitrogen and oxygen atoms in total. The van der Waals surface area contributed by atoms with E-state index in [2.05, 4.69) is 29.9 Å². The molecular weight excluding hydrogens is 984 g/mol. The lowest BCUT2D eigenvalue weighted by Crippen LogP contribution is -1.99. The Morgan fingerprint density at radius 3 is 1.34 bits per heavy atom. The molecule has 0 saturated heterocycles. The number of rotatable bonds is 10. The zero-order chi connectivity index (χ0) is 55.3. The van der Waals surface area contributed by atoms with E-state index in [4.69, 9.17) is 20.8 Å². The lowest BCUT2D eigenvalue weighted by Gasteiger charge is -2.06. The van der Waals surface area contributed by atoms with Crippen LogP contribution >= 0.6 is 22.9 Å². The van der Waals surface area contributed by atoms with E-state index in [9.17, 15) is 38.4 Å². The van der Waals surface area contributed by atoms with Crippen LogP contribution in [0.4, 0.5) is 0 Å². The third-order valence-electron chi connectivity index (χ3n) is 8.50. The first-order valence-corrected chi connectivity index (χ1v) is 23.5. The summed E-state index contributed by atoms with van der Waals surface area (Å²) in [7, 11) is 0. The second kappa shape index (κ2) is 37.2. The molecule has 1 aromatic carbocycles. The van der Waals surface area contributed by atoms with Crippen molar-refractivity contribution in [1.29, 1.82) is 0 Å². The average Bonchev–Trinajstić information content (AvgIpc) is 4.17. The molecule has 18 heteroatoms. The fourth-order valence-electron chi connectivity index (χ4n) is 4.85. The summed E-state index contributed by atoms with van der Waals surface area (Å²) >= 11 is 7.07. The molecule has 8 aromatic rings. The topological polar surface area (TPSA) is 236 Å². The lowest BCUT2D eigenvalue weighted by molar-refractivity contribution is 0.0981. The molecule has 0 aliphatic carbocycles. The number of halogens is 1. The molecule has 7 aromatic heterocycles. The Balaban J connectivity index is 0.000000424. The minimum atomic E-state index is -0.0573. The highest BCUT2D eigenvalue weighted by molar-refractivity contribution is 7.12. The summed E-state index contributed by atoms with van der Waals surface area (Å²) in [5.41, 5.74) is 3.31. The van der Waals surface area contributed by atoms with Crippen LogP contribution in [0.2, 0.25) is 5.15 Å². The molecule has 0 atom stereocenters. The van der Waals surface area contributed by atoms with Gasteiger partial charge in [-0.25, -0.2) is 9.97 Å². The number of furan rings is 1. The van der Waals surface area contributed by atoms with Crippen molar-refractivity contribution in [2.45, 2.75) is 62.3 Å². The van der Waals surface area contributed by atoms with Crippen molar-refractivity contribution in [3.8, 4) is 5.75 Å². The molecule has 0 amide bonds. The fourth-order valence-corrected chi connectivity index (χ4v) is 5.73. The monoisotopic (exact) mass is 1040 g/mol. The number of carbonyl (C=O) groups is 8. The average molecular weight is 1040 g/mol. The molecule has 0 aliphatic rings. The predicted molar refractivity (Wildman–Crippen MR) is 285 cm³/mol. The normalized spacial score (nSPS) is 9.16. The Hall–Kier alpha value is -8.67. The number of ether oxygens (including phenoxy) is 1. The van der Waals surface area contributed by atoms with Gasteiger partial charge in [0.15, 0.2) is 52.0 Å². The van der Waals surface area contributed by atoms with Crippen LogP contribution in [0.25, 0.3) is 0 Å². The highest BCUT2D eigenvalue weighted by Gasteiger charge is 2.06. The summed E-state index contributed by atoms with van der Waals surface area (Å²) in [5, 5.41) is 2.17. The lowest BCUT2D eigenvalue weighted by atomic mass is 10.1. The first-order chi connectivity index (χ1) is 35.3. The van der Waals surface area contributed by atoms with E-state index in [-0.39, 0.29) is 51.4 Å². The van der Waals surface area contributed by atoms with Crippen LogP contribution in [0, 0.1) is 0 Å². The van der Waals surface area contributed by atoms with Gasteiger partial charge in [0, 0.05) is 76.6 Å². The molecule has 0 unspecified atom stereocenters. The molecule has 74 heavy (non-hydrogen) atoms. The molecule has 0 bridgehead atoms. The third-order valence-corrected chi connectivity index (χ3v) is 9.77. The fraction of sp³-hybridized carbons (Fsp3) is 0.179. The number of aromatic nitrogens is 6. The minimum absolute atomic E-state index is 0.00981. The molecule has 0 aliphatic heterocycles. The van der Waals surface area contributed by atoms with Crippen molar-refractivity contribution in [2.75, 3.05) is 6.61 Å². The van der Waals surface area contributed by atoms with Crippen molar-refractivity contribution in [2.24, 2.45) is 0 Å². The number of ketones is 8. The van der Waals surface area contributed by atoms with Crippen molar-refractivity contribution in [3.05, 3.63) is 220 Å². The Morgan fingerprint density at radius 1 is 0.473 bits per heavy atom. The summed E-state index contributed by atoms with van der Waals surface area (Å²) in [6, 6.07) is 31.6. The third kappa shape index (κ3) is 27.7. The number of thiophene rings is 1. The smallest absolute Gasteiger partial charge is 0.194 e. The van der Waals surface area contributed by atoms with E-state index < -0.39 is 0 Å². The summed E-state index contributed by atoms with van der Waals surface area (Å²) in [6.07, 6.45) is 13.9. The van der Waals surface area contributed by atoms with Gasteiger partial charge in [0.2, 0.25) is 0 Å². The number of hydrogen-bond donors (Lipinski definition) is 0. The quantitative estimate of drug-likeness (QED) is 0.0914. The molecule has 7 heterocycles. The van der Waals surface area contributed by atoms with Crippen molar-refractivity contribution < 1.29 is 47.5 Å². The maximum absolute atomic E-state index is 11.1. The maximum Gasteiger partial charge on any atom is 0.194 e. The van der Waals surface area contributed by atoms with E-state index in [0.717, 1.165) is 4.88 Å². The van der Waals surface area contributed by atoms with Crippen molar-refractivity contribution >= 4 is 69.2 Å². The van der Waals surface area contributed by atoms with Crippen LogP contribution in [0.5, 0.6) is 5.75 Å². The molecule has 0 saturated carbocycles. The number of para-hydroxylation sites is 1. The molecule has 0 N–H and O–H groups in total. The van der Waals surface area contributed by atoms with Crippen molar-refractivity contribution in [1.82, 2.24) is 29.9 Å². The minimum Gasteiger partial charge on any atom is -0.493 e. The Morgan fingerprint density at radius 2 is 1.01 bits per heavy atom. The Labute approximate surface area is 439 Å². The Kier molecular flexibility index (Phi) is 31.8. The van der Waals surface area contributed by atoms with Gasteiger partial charge in [-0.3, -0.25) is 58.3 Å². The van der Waals surface area contributed by atoms with Gasteiger partial charge in [-0.1, -0.05) is 41.9 Å². The van der Waals surface area contributed by atoms with Crippen LogP contribution in [-0.2, 0) is 0 Å². The largest absolute Gasteiger partial charge is 0.493 e. The van der Waals surface area contributed by atoms with Gasteiger partial charge in [-0.2, -0.15) is 0 Å². The van der Waals surface area contributed by atoms with Gasteiger partial charge in [-0.05, 0) is 119 Å². The summed E-state index contributed by atoms with van der Waals surface area (Å²) in [4.78, 5) is 109. The zero-order valence-electron chi connectivity index (χ0n) is 42.4. The number of hydrogen-bond acceptors (Lipinski definition) is 17. The van der Waals surface area contributed by atoms with Crippen LogP contribution in [0.15, 0.2) is 175 Å². The van der Waals surface area contributed by atoms with Gasteiger partial charge in [-0.15, -0.1) is 11.3 Å². The summed E-state index contributed by atoms with van der Waals surface area (Å²) in [5.74, 6) is 1.25. The second-order valence-electron chi connectivity index (χ2n) is 14.4. The number of carbonyl (C=O) groups excluding carboxylic acids is 8. The number of pyridine rings is 4. The van der Waals surface area contributed by atoms with Crippen LogP contribution in [0.1, 0.15) is 145 Å². The van der Waals surface area contributed by atoms with E-state index in [1.54, 1.807) is 123 Å². The second-order valence-corrected chi connectivity index (χ2v) is 15.7. The van der Waals surface area contributed by atoms with Crippen LogP contribution in [-0.4, -0.2) is 82.8 Å². The van der Waals surface area contributed by atoms with Crippen molar-refractivity contribution in [3.63, 3.8) is 0 Å². The number of Topliss-reactive ketones (excluding diaryl/α,β-unsaturated/α-hetero) is 8. The standard InChI is InChI=1S/C10H12O2.C7H6ClNO.3C7H7NO.C6H6N2O.C6H6O2.C6H6OS/c1-3-12-10-7-5-4-6-9(10)8(2)11;1-5(10)6-3-2-4-9-7(6)8;1-6(9)7-2-4-8-5-3-7;2*1-6(9)7-4-2-3-5-8-7;1-5(9)6-4-7-2-3-8-6;2*1-5(7)6-3-2-4-8-6/h4-7H,3H2,1-2H3;2-4H,1H3;3*2-5H,1H3;2-4H,1H3;2*2-4H,1H3. The summed E-state index contributed by atoms with van der Waals surface area (Å²) < 4.78 is 10.0. The molecule has 384 valence electrons. The maximum atomic E-state index is 11.1. The molecule has 0 radical (unpaired) electrons. The van der Waals surface area contributed by atoms with Crippen LogP contribution < -0.4 is 4.74 Å². The SMILES string of the molecule is CC(=O)c1ccccn1.CC(=O)c1ccccn1.CC(=O)c1cccnc1Cl.CC(=O)c1ccco1.CC(=O)c1cccs1.CC(=O)c1ccncc1.CC(=O)c1cnccn1.CCOc1ccccc1C(C)=O. The first kappa shape index (κ1) is 63.3. The van der Waals surface area contributed by atoms with Gasteiger partial charge >= 0.3 is 0 Å². The van der Waals surface area contributed by atoms with Gasteiger partial charge in [0.25, 0.3) is 0 Å². The van der Waals surface area contributed by atoms with E-state index in [1.165, 1.54) is 84.7 Å². The highest BCUT2D eigenvalue weighted by Crippen LogP contribution is 2.18. The van der Waals surface area contributed by atoms with E-state index in [1.807, 2.05) is 36.6 Å². The molecule has 0 fully saturated rings. The molecule has 0 spiro atoms. The zero-order valence-corrected chi connectivity index (χ0v) is 44.0. The predicted octanol–water partition coefficient (Wildman–Crippen LogP) is 12.2. The first-order valence-electron chi connectivity index (χ1n) is 22.2. The van der Waals surface area contributed by atoms with Gasteiger partial charge < -0.3 is 9.15 Å². The van der Waals surface area contributed by atoms with E-state index >= 15 is 0 Å². The summed E-state index contributed by atoms with van der Waals surface area (Å²) in [6.45, 7) is 14.5. The van der Waals surface area contributed by atoms with E-state index in [0.29, 0.717) is 51.9 Å². The van der Waals surface area contributed by atoms with Gasteiger partial charge in [0.05, 0.1) is 35.1 Å². The van der Waals surface area contributed by atoms with Crippen LogP contribution in [0.3, 0.4) is 0 Å². The van der Waals surface area contributed by atoms with Gasteiger partial charge in [0.1, 0.15) is 28.0 Å². The Bertz CT molecular complexity index is 2680. The molecule has 8 rings (SSSR count). The number of benzene rings is 1. The molecular formula is C56H57ClN6O10S. The number of nitrogens with zero attached hydrogens (tertiary/aromatic N) is 6. The highest BCUT2D eigenvalue weighted by atomic mass is 35.5.